The lowest BCUT2D eigenvalue weighted by Crippen LogP contribution is -2.44. The molecule has 1 aliphatic rings. The maximum Gasteiger partial charge on any atom is 0.273 e. The van der Waals surface area contributed by atoms with Crippen LogP contribution in [0.3, 0.4) is 0 Å². The summed E-state index contributed by atoms with van der Waals surface area (Å²) in [6, 6.07) is 4.47. The second-order valence-corrected chi connectivity index (χ2v) is 7.61. The van der Waals surface area contributed by atoms with Gasteiger partial charge in [-0.05, 0) is 26.8 Å². The fraction of sp³-hybridized carbons (Fsp3) is 0.444. The number of carbonyl (C=O) groups excluding carboxylic acids is 1. The van der Waals surface area contributed by atoms with Crippen molar-refractivity contribution < 1.29 is 14.5 Å². The van der Waals surface area contributed by atoms with Gasteiger partial charge < -0.3 is 4.74 Å². The Kier molecular flexibility index (Phi) is 5.83. The summed E-state index contributed by atoms with van der Waals surface area (Å²) in [6.45, 7) is 8.06. The topological polar surface area (TPSA) is 97.6 Å². The van der Waals surface area contributed by atoms with E-state index in [0.29, 0.717) is 17.2 Å². The molecule has 1 fully saturated rings. The molecule has 1 aromatic heterocycles. The Hall–Kier alpha value is -2.36. The number of morpholine rings is 1. The third kappa shape index (κ3) is 4.68. The molecule has 144 valence electrons. The molecule has 2 aromatic rings. The highest BCUT2D eigenvalue weighted by Gasteiger charge is 2.23. The maximum absolute atomic E-state index is 12.5. The quantitative estimate of drug-likeness (QED) is 0.622. The van der Waals surface area contributed by atoms with Gasteiger partial charge in [-0.1, -0.05) is 6.07 Å². The second-order valence-electron chi connectivity index (χ2n) is 6.76. The average molecular weight is 390 g/mol. The summed E-state index contributed by atoms with van der Waals surface area (Å²) in [6.07, 6.45) is 0.367. The molecule has 1 amide bonds. The summed E-state index contributed by atoms with van der Waals surface area (Å²) in [5.41, 5.74) is 1.43. The summed E-state index contributed by atoms with van der Waals surface area (Å²) in [7, 11) is 0. The van der Waals surface area contributed by atoms with Crippen molar-refractivity contribution in [2.45, 2.75) is 39.5 Å². The Labute approximate surface area is 161 Å². The first-order chi connectivity index (χ1) is 12.8. The van der Waals surface area contributed by atoms with E-state index in [1.54, 1.807) is 13.0 Å². The molecule has 0 bridgehead atoms. The molecule has 1 saturated heterocycles. The van der Waals surface area contributed by atoms with E-state index in [1.807, 2.05) is 5.38 Å². The normalized spacial score (nSPS) is 20.4. The molecular weight excluding hydrogens is 368 g/mol. The molecule has 0 radical (unpaired) electrons. The molecular formula is C18H22N4O4S. The Morgan fingerprint density at radius 2 is 2.11 bits per heavy atom. The first-order valence-corrected chi connectivity index (χ1v) is 9.59. The van der Waals surface area contributed by atoms with Gasteiger partial charge in [0, 0.05) is 42.2 Å². The van der Waals surface area contributed by atoms with E-state index < -0.39 is 10.8 Å². The number of anilines is 1. The van der Waals surface area contributed by atoms with Crippen molar-refractivity contribution in [3.8, 4) is 0 Å². The van der Waals surface area contributed by atoms with Crippen molar-refractivity contribution in [3.63, 3.8) is 0 Å². The number of nitrogens with zero attached hydrogens (tertiary/aromatic N) is 3. The molecule has 0 saturated carbocycles. The lowest BCUT2D eigenvalue weighted by atomic mass is 10.1. The van der Waals surface area contributed by atoms with Gasteiger partial charge in [0.1, 0.15) is 0 Å². The smallest absolute Gasteiger partial charge is 0.273 e. The summed E-state index contributed by atoms with van der Waals surface area (Å²) in [5, 5.41) is 16.2. The highest BCUT2D eigenvalue weighted by atomic mass is 32.1. The van der Waals surface area contributed by atoms with Gasteiger partial charge >= 0.3 is 0 Å². The summed E-state index contributed by atoms with van der Waals surface area (Å²) < 4.78 is 5.73. The van der Waals surface area contributed by atoms with E-state index in [-0.39, 0.29) is 23.5 Å². The first kappa shape index (κ1) is 19.4. The fourth-order valence-electron chi connectivity index (χ4n) is 3.31. The van der Waals surface area contributed by atoms with Crippen LogP contribution in [0.4, 0.5) is 10.8 Å². The highest BCUT2D eigenvalue weighted by Crippen LogP contribution is 2.24. The van der Waals surface area contributed by atoms with Crippen molar-refractivity contribution >= 4 is 28.1 Å². The highest BCUT2D eigenvalue weighted by molar-refractivity contribution is 7.14. The van der Waals surface area contributed by atoms with Gasteiger partial charge in [0.2, 0.25) is 0 Å². The number of nitro benzene ring substituents is 1. The van der Waals surface area contributed by atoms with Crippen LogP contribution >= 0.6 is 11.3 Å². The van der Waals surface area contributed by atoms with Crippen molar-refractivity contribution in [1.29, 1.82) is 0 Å². The monoisotopic (exact) mass is 390 g/mol. The van der Waals surface area contributed by atoms with Crippen LogP contribution in [0.25, 0.3) is 0 Å². The zero-order chi connectivity index (χ0) is 19.6. The summed E-state index contributed by atoms with van der Waals surface area (Å²) in [5.74, 6) is -0.397. The summed E-state index contributed by atoms with van der Waals surface area (Å²) >= 11 is 1.34. The molecule has 1 aromatic carbocycles. The largest absolute Gasteiger partial charge is 0.373 e. The molecule has 2 atom stereocenters. The SMILES string of the molecule is Cc1c(C(=O)Nc2nc(CN3CC(C)OC(C)C3)cs2)cccc1[N+](=O)[O-]. The third-order valence-electron chi connectivity index (χ3n) is 4.40. The van der Waals surface area contributed by atoms with E-state index in [1.165, 1.54) is 23.5 Å². The van der Waals surface area contributed by atoms with Crippen molar-refractivity contribution in [3.05, 3.63) is 50.5 Å². The molecule has 9 heteroatoms. The van der Waals surface area contributed by atoms with Gasteiger partial charge in [0.05, 0.1) is 22.8 Å². The molecule has 8 nitrogen and oxygen atoms in total. The number of rotatable bonds is 5. The van der Waals surface area contributed by atoms with Gasteiger partial charge in [-0.15, -0.1) is 11.3 Å². The van der Waals surface area contributed by atoms with Gasteiger partial charge in [0.25, 0.3) is 11.6 Å². The van der Waals surface area contributed by atoms with Crippen LogP contribution in [-0.4, -0.2) is 46.0 Å². The van der Waals surface area contributed by atoms with Crippen LogP contribution in [0, 0.1) is 17.0 Å². The fourth-order valence-corrected chi connectivity index (χ4v) is 4.01. The van der Waals surface area contributed by atoms with Crippen LogP contribution in [0.2, 0.25) is 0 Å². The van der Waals surface area contributed by atoms with E-state index >= 15 is 0 Å². The van der Waals surface area contributed by atoms with Gasteiger partial charge in [-0.3, -0.25) is 25.1 Å². The van der Waals surface area contributed by atoms with Crippen LogP contribution < -0.4 is 5.32 Å². The minimum atomic E-state index is -0.488. The van der Waals surface area contributed by atoms with Crippen LogP contribution in [0.5, 0.6) is 0 Å². The number of amides is 1. The molecule has 2 unspecified atom stereocenters. The van der Waals surface area contributed by atoms with Gasteiger partial charge in [-0.2, -0.15) is 0 Å². The van der Waals surface area contributed by atoms with Crippen molar-refractivity contribution in [1.82, 2.24) is 9.88 Å². The van der Waals surface area contributed by atoms with Crippen LogP contribution in [0.15, 0.2) is 23.6 Å². The molecule has 27 heavy (non-hydrogen) atoms. The number of benzene rings is 1. The molecule has 1 N–H and O–H groups in total. The summed E-state index contributed by atoms with van der Waals surface area (Å²) in [4.78, 5) is 29.8. The lowest BCUT2D eigenvalue weighted by molar-refractivity contribution is -0.385. The zero-order valence-corrected chi connectivity index (χ0v) is 16.3. The Morgan fingerprint density at radius 1 is 1.41 bits per heavy atom. The Bertz CT molecular complexity index is 844. The number of nitrogens with one attached hydrogen (secondary N) is 1. The minimum Gasteiger partial charge on any atom is -0.373 e. The van der Waals surface area contributed by atoms with Crippen molar-refractivity contribution in [2.24, 2.45) is 0 Å². The van der Waals surface area contributed by atoms with Gasteiger partial charge in [-0.25, -0.2) is 4.98 Å². The molecule has 0 aliphatic carbocycles. The average Bonchev–Trinajstić information content (AvgIpc) is 3.00. The Morgan fingerprint density at radius 3 is 2.78 bits per heavy atom. The number of thiazole rings is 1. The maximum atomic E-state index is 12.5. The number of carbonyl (C=O) groups is 1. The molecule has 0 spiro atoms. The predicted molar refractivity (Wildman–Crippen MR) is 103 cm³/mol. The number of nitro groups is 1. The van der Waals surface area contributed by atoms with Crippen LogP contribution in [0.1, 0.15) is 35.5 Å². The molecule has 2 heterocycles. The van der Waals surface area contributed by atoms with Crippen molar-refractivity contribution in [2.75, 3.05) is 18.4 Å². The number of hydrogen-bond donors (Lipinski definition) is 1. The standard InChI is InChI=1S/C18H22N4O4S/c1-11-7-21(8-12(2)26-11)9-14-10-27-18(19-14)20-17(23)15-5-4-6-16(13(15)3)22(24)25/h4-6,10-12H,7-9H2,1-3H3,(H,19,20,23). The lowest BCUT2D eigenvalue weighted by Gasteiger charge is -2.34. The molecule has 3 rings (SSSR count). The van der Waals surface area contributed by atoms with Gasteiger partial charge in [0.15, 0.2) is 5.13 Å². The van der Waals surface area contributed by atoms with E-state index in [4.69, 9.17) is 4.74 Å². The van der Waals surface area contributed by atoms with E-state index in [2.05, 4.69) is 29.0 Å². The number of ether oxygens (including phenoxy) is 1. The first-order valence-electron chi connectivity index (χ1n) is 8.71. The number of hydrogen-bond acceptors (Lipinski definition) is 7. The molecule has 1 aliphatic heterocycles. The number of aromatic nitrogens is 1. The van der Waals surface area contributed by atoms with E-state index in [0.717, 1.165) is 18.8 Å². The minimum absolute atomic E-state index is 0.0713. The second kappa shape index (κ2) is 8.12. The van der Waals surface area contributed by atoms with Crippen LogP contribution in [-0.2, 0) is 11.3 Å². The predicted octanol–water partition coefficient (Wildman–Crippen LogP) is 3.22. The van der Waals surface area contributed by atoms with E-state index in [9.17, 15) is 14.9 Å². The zero-order valence-electron chi connectivity index (χ0n) is 15.5. The third-order valence-corrected chi connectivity index (χ3v) is 5.21. The Balaban J connectivity index is 1.66.